The van der Waals surface area contributed by atoms with Crippen molar-refractivity contribution in [2.45, 2.75) is 38.6 Å². The molecular formula is C18H25N5O2. The van der Waals surface area contributed by atoms with Crippen LogP contribution in [0.15, 0.2) is 24.7 Å². The molecule has 0 N–H and O–H groups in total. The lowest BCUT2D eigenvalue weighted by Gasteiger charge is -2.32. The molecule has 0 aromatic carbocycles. The van der Waals surface area contributed by atoms with Gasteiger partial charge in [-0.05, 0) is 32.8 Å². The number of carbonyl (C=O) groups excluding carboxylic acids is 1. The molecule has 2 aromatic heterocycles. The Kier molecular flexibility index (Phi) is 5.43. The van der Waals surface area contributed by atoms with Crippen LogP contribution in [0.1, 0.15) is 44.3 Å². The fourth-order valence-electron chi connectivity index (χ4n) is 3.27. The van der Waals surface area contributed by atoms with Gasteiger partial charge in [0.1, 0.15) is 12.3 Å². The zero-order chi connectivity index (χ0) is 17.8. The van der Waals surface area contributed by atoms with Gasteiger partial charge in [-0.15, -0.1) is 0 Å². The number of nitrogens with zero attached hydrogens (tertiary/aromatic N) is 5. The minimum Gasteiger partial charge on any atom is -0.375 e. The van der Waals surface area contributed by atoms with Crippen molar-refractivity contribution in [3.63, 3.8) is 0 Å². The van der Waals surface area contributed by atoms with Gasteiger partial charge in [0.15, 0.2) is 0 Å². The van der Waals surface area contributed by atoms with Gasteiger partial charge < -0.3 is 9.64 Å². The summed E-state index contributed by atoms with van der Waals surface area (Å²) in [6.45, 7) is 5.78. The maximum atomic E-state index is 12.0. The topological polar surface area (TPSA) is 73.1 Å². The molecule has 0 radical (unpaired) electrons. The largest absolute Gasteiger partial charge is 0.375 e. The van der Waals surface area contributed by atoms with E-state index in [9.17, 15) is 4.79 Å². The Balaban J connectivity index is 1.74. The van der Waals surface area contributed by atoms with Crippen molar-refractivity contribution in [1.82, 2.24) is 24.6 Å². The number of hydrogen-bond donors (Lipinski definition) is 0. The number of piperidine rings is 1. The smallest absolute Gasteiger partial charge is 0.248 e. The van der Waals surface area contributed by atoms with Crippen LogP contribution in [0.4, 0.5) is 0 Å². The summed E-state index contributed by atoms with van der Waals surface area (Å²) < 4.78 is 6.90. The molecule has 1 atom stereocenters. The Morgan fingerprint density at radius 2 is 2.20 bits per heavy atom. The van der Waals surface area contributed by atoms with E-state index < -0.39 is 0 Å². The molecule has 7 nitrogen and oxygen atoms in total. The maximum Gasteiger partial charge on any atom is 0.248 e. The number of methoxy groups -OCH3 is 1. The lowest BCUT2D eigenvalue weighted by atomic mass is 9.95. The molecule has 25 heavy (non-hydrogen) atoms. The van der Waals surface area contributed by atoms with Crippen molar-refractivity contribution >= 4 is 5.91 Å². The standard InChI is InChI=1S/C18H25N5O2/c1-13(2)23-17(6-7-21-23)16-10-19-15(9-20-16)14-5-4-8-22(11-14)18(24)12-25-3/h6-7,9-10,13-14H,4-5,8,11-12H2,1-3H3. The van der Waals surface area contributed by atoms with Crippen molar-refractivity contribution in [2.75, 3.05) is 26.8 Å². The van der Waals surface area contributed by atoms with Gasteiger partial charge in [-0.3, -0.25) is 19.4 Å². The monoisotopic (exact) mass is 343 g/mol. The second-order valence-electron chi connectivity index (χ2n) is 6.69. The molecule has 3 heterocycles. The van der Waals surface area contributed by atoms with Gasteiger partial charge in [0.25, 0.3) is 0 Å². The van der Waals surface area contributed by atoms with Crippen molar-refractivity contribution in [1.29, 1.82) is 0 Å². The van der Waals surface area contributed by atoms with Crippen LogP contribution in [-0.2, 0) is 9.53 Å². The lowest BCUT2D eigenvalue weighted by Crippen LogP contribution is -2.41. The quantitative estimate of drug-likeness (QED) is 0.833. The van der Waals surface area contributed by atoms with Crippen LogP contribution >= 0.6 is 0 Å². The SMILES string of the molecule is COCC(=O)N1CCCC(c2cnc(-c3ccnn3C(C)C)cn2)C1. The Labute approximate surface area is 148 Å². The Morgan fingerprint density at radius 3 is 2.88 bits per heavy atom. The normalized spacial score (nSPS) is 17.9. The summed E-state index contributed by atoms with van der Waals surface area (Å²) in [6.07, 6.45) is 7.42. The molecule has 1 saturated heterocycles. The molecule has 134 valence electrons. The minimum absolute atomic E-state index is 0.0395. The number of hydrogen-bond acceptors (Lipinski definition) is 5. The van der Waals surface area contributed by atoms with E-state index in [1.54, 1.807) is 19.5 Å². The maximum absolute atomic E-state index is 12.0. The molecule has 0 aliphatic carbocycles. The first-order valence-corrected chi connectivity index (χ1v) is 8.72. The summed E-state index contributed by atoms with van der Waals surface area (Å²) in [6, 6.07) is 2.22. The van der Waals surface area contributed by atoms with Crippen LogP contribution in [-0.4, -0.2) is 57.4 Å². The molecule has 1 aliphatic heterocycles. The summed E-state index contributed by atoms with van der Waals surface area (Å²) >= 11 is 0. The molecule has 1 aliphatic rings. The van der Waals surface area contributed by atoms with Gasteiger partial charge in [-0.1, -0.05) is 0 Å². The molecule has 1 fully saturated rings. The van der Waals surface area contributed by atoms with E-state index in [1.807, 2.05) is 21.8 Å². The fourth-order valence-corrected chi connectivity index (χ4v) is 3.27. The first kappa shape index (κ1) is 17.5. The van der Waals surface area contributed by atoms with Crippen LogP contribution < -0.4 is 0 Å². The highest BCUT2D eigenvalue weighted by Gasteiger charge is 2.25. The summed E-state index contributed by atoms with van der Waals surface area (Å²) in [7, 11) is 1.55. The zero-order valence-corrected chi connectivity index (χ0v) is 15.1. The van der Waals surface area contributed by atoms with E-state index in [1.165, 1.54) is 0 Å². The van der Waals surface area contributed by atoms with E-state index in [0.29, 0.717) is 6.54 Å². The number of ether oxygens (including phenoxy) is 1. The highest BCUT2D eigenvalue weighted by molar-refractivity contribution is 5.77. The highest BCUT2D eigenvalue weighted by Crippen LogP contribution is 2.26. The van der Waals surface area contributed by atoms with E-state index in [4.69, 9.17) is 4.74 Å². The third-order valence-corrected chi connectivity index (χ3v) is 4.55. The van der Waals surface area contributed by atoms with Gasteiger partial charge in [0, 0.05) is 44.6 Å². The van der Waals surface area contributed by atoms with Crippen molar-refractivity contribution in [3.05, 3.63) is 30.4 Å². The fraction of sp³-hybridized carbons (Fsp3) is 0.556. The van der Waals surface area contributed by atoms with Gasteiger partial charge in [0.2, 0.25) is 5.91 Å². The second-order valence-corrected chi connectivity index (χ2v) is 6.69. The number of aromatic nitrogens is 4. The number of amides is 1. The molecule has 0 bridgehead atoms. The molecule has 2 aromatic rings. The summed E-state index contributed by atoms with van der Waals surface area (Å²) in [4.78, 5) is 23.1. The van der Waals surface area contributed by atoms with Crippen molar-refractivity contribution in [3.8, 4) is 11.4 Å². The van der Waals surface area contributed by atoms with Crippen molar-refractivity contribution < 1.29 is 9.53 Å². The third kappa shape index (κ3) is 3.87. The zero-order valence-electron chi connectivity index (χ0n) is 15.1. The van der Waals surface area contributed by atoms with E-state index in [2.05, 4.69) is 28.9 Å². The van der Waals surface area contributed by atoms with E-state index in [-0.39, 0.29) is 24.5 Å². The molecule has 3 rings (SSSR count). The van der Waals surface area contributed by atoms with Crippen LogP contribution in [0.3, 0.4) is 0 Å². The number of likely N-dealkylation sites (tertiary alicyclic amines) is 1. The molecule has 1 unspecified atom stereocenters. The summed E-state index contributed by atoms with van der Waals surface area (Å²) in [5.41, 5.74) is 2.72. The van der Waals surface area contributed by atoms with Gasteiger partial charge in [0.05, 0.1) is 17.6 Å². The van der Waals surface area contributed by atoms with Gasteiger partial charge in [-0.25, -0.2) is 0 Å². The highest BCUT2D eigenvalue weighted by atomic mass is 16.5. The molecular weight excluding hydrogens is 318 g/mol. The number of carbonyl (C=O) groups is 1. The van der Waals surface area contributed by atoms with Crippen molar-refractivity contribution in [2.24, 2.45) is 0 Å². The average molecular weight is 343 g/mol. The number of rotatable bonds is 5. The first-order valence-electron chi connectivity index (χ1n) is 8.72. The molecule has 1 amide bonds. The Hall–Kier alpha value is -2.28. The molecule has 7 heteroatoms. The van der Waals surface area contributed by atoms with Crippen LogP contribution in [0.25, 0.3) is 11.4 Å². The third-order valence-electron chi connectivity index (χ3n) is 4.55. The predicted octanol–water partition coefficient (Wildman–Crippen LogP) is 2.27. The summed E-state index contributed by atoms with van der Waals surface area (Å²) in [5.74, 6) is 0.267. The Morgan fingerprint density at radius 1 is 1.36 bits per heavy atom. The van der Waals surface area contributed by atoms with Gasteiger partial charge >= 0.3 is 0 Å². The lowest BCUT2D eigenvalue weighted by molar-refractivity contribution is -0.136. The first-order chi connectivity index (χ1) is 12.1. The minimum atomic E-state index is 0.0395. The van der Waals surface area contributed by atoms with Gasteiger partial charge in [-0.2, -0.15) is 5.10 Å². The van der Waals surface area contributed by atoms with E-state index in [0.717, 1.165) is 36.5 Å². The Bertz CT molecular complexity index is 711. The van der Waals surface area contributed by atoms with Crippen LogP contribution in [0.5, 0.6) is 0 Å². The van der Waals surface area contributed by atoms with Crippen LogP contribution in [0, 0.1) is 0 Å². The summed E-state index contributed by atoms with van der Waals surface area (Å²) in [5, 5.41) is 4.34. The average Bonchev–Trinajstić information content (AvgIpc) is 3.12. The van der Waals surface area contributed by atoms with Crippen LogP contribution in [0.2, 0.25) is 0 Å². The van der Waals surface area contributed by atoms with E-state index >= 15 is 0 Å². The molecule has 0 saturated carbocycles. The predicted molar refractivity (Wildman–Crippen MR) is 94.1 cm³/mol. The second kappa shape index (κ2) is 7.74. The molecule has 0 spiro atoms.